The Bertz CT molecular complexity index is 1070. The number of nitrogens with zero attached hydrogens (tertiary/aromatic N) is 3. The summed E-state index contributed by atoms with van der Waals surface area (Å²) in [6.07, 6.45) is 4.97. The van der Waals surface area contributed by atoms with E-state index >= 15 is 0 Å². The molecule has 1 atom stereocenters. The number of likely N-dealkylation sites (tertiary alicyclic amines) is 1. The van der Waals surface area contributed by atoms with Crippen LogP contribution in [0.15, 0.2) is 65.6 Å². The van der Waals surface area contributed by atoms with E-state index in [-0.39, 0.29) is 18.1 Å². The van der Waals surface area contributed by atoms with Gasteiger partial charge in [-0.05, 0) is 68.2 Å². The molecule has 36 heavy (non-hydrogen) atoms. The minimum atomic E-state index is -3.55. The van der Waals surface area contributed by atoms with Crippen molar-refractivity contribution >= 4 is 16.1 Å². The van der Waals surface area contributed by atoms with E-state index in [2.05, 4.69) is 17.0 Å². The molecule has 0 radical (unpaired) electrons. The smallest absolute Gasteiger partial charge is 0.409 e. The van der Waals surface area contributed by atoms with Crippen LogP contribution in [0.2, 0.25) is 0 Å². The fourth-order valence-electron chi connectivity index (χ4n) is 5.13. The second-order valence-corrected chi connectivity index (χ2v) is 12.2. The Labute approximate surface area is 216 Å². The van der Waals surface area contributed by atoms with E-state index in [1.807, 2.05) is 29.2 Å². The average molecular weight is 514 g/mol. The molecular formula is C28H39N3O4S. The number of benzene rings is 2. The predicted molar refractivity (Wildman–Crippen MR) is 141 cm³/mol. The fraction of sp³-hybridized carbons (Fsp3) is 0.536. The van der Waals surface area contributed by atoms with Crippen molar-refractivity contribution in [3.05, 3.63) is 66.2 Å². The lowest BCUT2D eigenvalue weighted by Gasteiger charge is -2.38. The summed E-state index contributed by atoms with van der Waals surface area (Å²) in [5.41, 5.74) is 1.16. The van der Waals surface area contributed by atoms with Crippen LogP contribution in [0.5, 0.6) is 0 Å². The monoisotopic (exact) mass is 513 g/mol. The van der Waals surface area contributed by atoms with Crippen molar-refractivity contribution in [3.8, 4) is 0 Å². The van der Waals surface area contributed by atoms with E-state index in [0.717, 1.165) is 51.0 Å². The molecule has 0 bridgehead atoms. The molecule has 7 nitrogen and oxygen atoms in total. The van der Waals surface area contributed by atoms with Crippen LogP contribution in [0.1, 0.15) is 43.6 Å². The van der Waals surface area contributed by atoms with Gasteiger partial charge in [-0.15, -0.1) is 0 Å². The maximum absolute atomic E-state index is 13.1. The van der Waals surface area contributed by atoms with Gasteiger partial charge in [-0.3, -0.25) is 0 Å². The lowest BCUT2D eigenvalue weighted by molar-refractivity contribution is 0.0748. The Kier molecular flexibility index (Phi) is 9.04. The van der Waals surface area contributed by atoms with Crippen molar-refractivity contribution in [1.29, 1.82) is 0 Å². The summed E-state index contributed by atoms with van der Waals surface area (Å²) in [6, 6.07) is 19.1. The van der Waals surface area contributed by atoms with Crippen LogP contribution < -0.4 is 0 Å². The van der Waals surface area contributed by atoms with Crippen LogP contribution in [0.4, 0.5) is 4.79 Å². The lowest BCUT2D eigenvalue weighted by Crippen LogP contribution is -2.48. The van der Waals surface area contributed by atoms with Crippen LogP contribution >= 0.6 is 0 Å². The second kappa shape index (κ2) is 12.2. The molecule has 2 aromatic carbocycles. The van der Waals surface area contributed by atoms with E-state index in [1.54, 1.807) is 31.3 Å². The highest BCUT2D eigenvalue weighted by molar-refractivity contribution is 7.89. The van der Waals surface area contributed by atoms with Crippen molar-refractivity contribution < 1.29 is 17.9 Å². The SMILES string of the molecule is COC(=O)N(CC1CC1)C1CCN(CCC(CN(C)S(=O)(=O)c2ccccc2)c2ccccc2)CC1. The molecule has 196 valence electrons. The number of amides is 1. The van der Waals surface area contributed by atoms with Crippen molar-refractivity contribution in [2.24, 2.45) is 5.92 Å². The molecule has 8 heteroatoms. The van der Waals surface area contributed by atoms with Gasteiger partial charge in [0.15, 0.2) is 0 Å². The van der Waals surface area contributed by atoms with E-state index in [4.69, 9.17) is 4.74 Å². The third kappa shape index (κ3) is 6.87. The number of carbonyl (C=O) groups is 1. The number of carbonyl (C=O) groups excluding carboxylic acids is 1. The number of hydrogen-bond acceptors (Lipinski definition) is 5. The Morgan fingerprint density at radius 1 is 1.00 bits per heavy atom. The number of ether oxygens (including phenoxy) is 1. The zero-order valence-electron chi connectivity index (χ0n) is 21.5. The molecule has 0 spiro atoms. The van der Waals surface area contributed by atoms with Gasteiger partial charge in [0.1, 0.15) is 0 Å². The lowest BCUT2D eigenvalue weighted by atomic mass is 9.94. The van der Waals surface area contributed by atoms with Gasteiger partial charge >= 0.3 is 6.09 Å². The van der Waals surface area contributed by atoms with Crippen LogP contribution in [0.3, 0.4) is 0 Å². The molecule has 2 aromatic rings. The zero-order valence-corrected chi connectivity index (χ0v) is 22.3. The van der Waals surface area contributed by atoms with Crippen molar-refractivity contribution in [2.45, 2.75) is 49.0 Å². The highest BCUT2D eigenvalue weighted by Gasteiger charge is 2.34. The van der Waals surface area contributed by atoms with Crippen LogP contribution in [0, 0.1) is 5.92 Å². The standard InChI is InChI=1S/C28H39N3O4S/c1-29(36(33,34)27-11-7-4-8-12-27)22-25(24-9-5-3-6-10-24)15-18-30-19-16-26(17-20-30)31(28(32)35-2)21-23-13-14-23/h3-12,23,25-26H,13-22H2,1-2H3. The Balaban J connectivity index is 1.36. The maximum atomic E-state index is 13.1. The molecule has 2 aliphatic rings. The first-order chi connectivity index (χ1) is 17.4. The highest BCUT2D eigenvalue weighted by atomic mass is 32.2. The summed E-state index contributed by atoms with van der Waals surface area (Å²) in [5.74, 6) is 0.728. The highest BCUT2D eigenvalue weighted by Crippen LogP contribution is 2.32. The van der Waals surface area contributed by atoms with Gasteiger partial charge in [0, 0.05) is 39.3 Å². The largest absolute Gasteiger partial charge is 0.453 e. The zero-order chi connectivity index (χ0) is 25.5. The van der Waals surface area contributed by atoms with Gasteiger partial charge < -0.3 is 14.5 Å². The number of hydrogen-bond donors (Lipinski definition) is 0. The first kappa shape index (κ1) is 26.6. The van der Waals surface area contributed by atoms with E-state index in [9.17, 15) is 13.2 Å². The molecule has 1 saturated carbocycles. The van der Waals surface area contributed by atoms with Crippen molar-refractivity contribution in [1.82, 2.24) is 14.1 Å². The summed E-state index contributed by atoms with van der Waals surface area (Å²) in [7, 11) is -0.407. The van der Waals surface area contributed by atoms with E-state index < -0.39 is 10.0 Å². The van der Waals surface area contributed by atoms with E-state index in [0.29, 0.717) is 17.4 Å². The number of likely N-dealkylation sites (N-methyl/N-ethyl adjacent to an activating group) is 1. The van der Waals surface area contributed by atoms with Gasteiger partial charge in [-0.1, -0.05) is 48.5 Å². The molecule has 1 unspecified atom stereocenters. The Morgan fingerprint density at radius 2 is 1.61 bits per heavy atom. The van der Waals surface area contributed by atoms with E-state index in [1.165, 1.54) is 24.3 Å². The average Bonchev–Trinajstić information content (AvgIpc) is 3.75. The molecule has 1 aliphatic carbocycles. The summed E-state index contributed by atoms with van der Waals surface area (Å²) in [5, 5.41) is 0. The predicted octanol–water partition coefficient (Wildman–Crippen LogP) is 4.42. The first-order valence-electron chi connectivity index (χ1n) is 13.0. The second-order valence-electron chi connectivity index (χ2n) is 10.1. The van der Waals surface area contributed by atoms with Gasteiger partial charge in [-0.2, -0.15) is 0 Å². The normalized spacial score (nSPS) is 18.2. The topological polar surface area (TPSA) is 70.2 Å². The molecule has 1 aliphatic heterocycles. The molecule has 1 amide bonds. The van der Waals surface area contributed by atoms with Crippen molar-refractivity contribution in [3.63, 3.8) is 0 Å². The molecule has 0 aromatic heterocycles. The number of sulfonamides is 1. The number of methoxy groups -OCH3 is 1. The summed E-state index contributed by atoms with van der Waals surface area (Å²) < 4.78 is 32.8. The van der Waals surface area contributed by atoms with Crippen molar-refractivity contribution in [2.75, 3.05) is 46.9 Å². The molecule has 2 fully saturated rings. The third-order valence-electron chi connectivity index (χ3n) is 7.55. The minimum Gasteiger partial charge on any atom is -0.453 e. The van der Waals surface area contributed by atoms with Gasteiger partial charge in [0.2, 0.25) is 10.0 Å². The Morgan fingerprint density at radius 3 is 2.19 bits per heavy atom. The molecule has 1 heterocycles. The maximum Gasteiger partial charge on any atom is 0.409 e. The first-order valence-corrected chi connectivity index (χ1v) is 14.5. The van der Waals surface area contributed by atoms with Crippen LogP contribution in [0.25, 0.3) is 0 Å². The van der Waals surface area contributed by atoms with Crippen LogP contribution in [-0.4, -0.2) is 81.5 Å². The summed E-state index contributed by atoms with van der Waals surface area (Å²) >= 11 is 0. The number of piperidine rings is 1. The molecule has 1 saturated heterocycles. The minimum absolute atomic E-state index is 0.0915. The Hall–Kier alpha value is -2.42. The number of rotatable bonds is 11. The fourth-order valence-corrected chi connectivity index (χ4v) is 6.37. The van der Waals surface area contributed by atoms with Gasteiger partial charge in [-0.25, -0.2) is 17.5 Å². The third-order valence-corrected chi connectivity index (χ3v) is 9.39. The summed E-state index contributed by atoms with van der Waals surface area (Å²) in [4.78, 5) is 17.1. The molecule has 0 N–H and O–H groups in total. The van der Waals surface area contributed by atoms with Gasteiger partial charge in [0.05, 0.1) is 12.0 Å². The van der Waals surface area contributed by atoms with Gasteiger partial charge in [0.25, 0.3) is 0 Å². The molecule has 4 rings (SSSR count). The van der Waals surface area contributed by atoms with Crippen LogP contribution in [-0.2, 0) is 14.8 Å². The molecular weight excluding hydrogens is 474 g/mol. The quantitative estimate of drug-likeness (QED) is 0.445. The summed E-state index contributed by atoms with van der Waals surface area (Å²) in [6.45, 7) is 4.00.